The molecule has 0 bridgehead atoms. The Bertz CT molecular complexity index is 1440. The van der Waals surface area contributed by atoms with E-state index < -0.39 is 0 Å². The molecular weight excluding hydrogens is 498 g/mol. The number of nitrogens with zero attached hydrogens (tertiary/aromatic N) is 3. The summed E-state index contributed by atoms with van der Waals surface area (Å²) < 4.78 is 13.8. The first-order chi connectivity index (χ1) is 18.6. The number of ether oxygens (including phenoxy) is 2. The fourth-order valence-corrected chi connectivity index (χ4v) is 5.17. The highest BCUT2D eigenvalue weighted by Gasteiger charge is 2.34. The molecule has 1 amide bonds. The number of hydrogen-bond donors (Lipinski definition) is 0. The van der Waals surface area contributed by atoms with Gasteiger partial charge in [0.1, 0.15) is 5.82 Å². The van der Waals surface area contributed by atoms with Crippen molar-refractivity contribution in [2.45, 2.75) is 38.6 Å². The van der Waals surface area contributed by atoms with Gasteiger partial charge in [-0.15, -0.1) is 0 Å². The van der Waals surface area contributed by atoms with Gasteiger partial charge >= 0.3 is 0 Å². The highest BCUT2D eigenvalue weighted by atomic mass is 35.5. The number of hydrogen-bond acceptors (Lipinski definition) is 4. The van der Waals surface area contributed by atoms with E-state index in [4.69, 9.17) is 26.1 Å². The van der Waals surface area contributed by atoms with E-state index in [0.29, 0.717) is 24.6 Å². The van der Waals surface area contributed by atoms with E-state index in [1.54, 1.807) is 7.11 Å². The largest absolute Gasteiger partial charge is 0.493 e. The van der Waals surface area contributed by atoms with Gasteiger partial charge in [-0.25, -0.2) is 4.98 Å². The Kier molecular flexibility index (Phi) is 7.99. The summed E-state index contributed by atoms with van der Waals surface area (Å²) in [7, 11) is 1.66. The average molecular weight is 530 g/mol. The predicted octanol–water partition coefficient (Wildman–Crippen LogP) is 7.11. The number of allylic oxidation sites excluding steroid dienone is 1. The summed E-state index contributed by atoms with van der Waals surface area (Å²) in [5.74, 6) is 2.60. The number of carbonyl (C=O) groups is 1. The molecule has 1 atom stereocenters. The Morgan fingerprint density at radius 1 is 1.05 bits per heavy atom. The Morgan fingerprint density at radius 2 is 1.87 bits per heavy atom. The zero-order chi connectivity index (χ0) is 26.5. The smallest absolute Gasteiger partial charge is 0.227 e. The molecule has 2 heterocycles. The molecule has 3 aromatic carbocycles. The van der Waals surface area contributed by atoms with Gasteiger partial charge in [0.15, 0.2) is 11.5 Å². The normalized spacial score (nSPS) is 15.6. The van der Waals surface area contributed by atoms with Gasteiger partial charge in [0.25, 0.3) is 0 Å². The van der Waals surface area contributed by atoms with Crippen LogP contribution in [0.1, 0.15) is 43.5 Å². The van der Waals surface area contributed by atoms with Gasteiger partial charge in [-0.3, -0.25) is 4.79 Å². The molecule has 1 fully saturated rings. The molecule has 1 unspecified atom stereocenters. The van der Waals surface area contributed by atoms with Crippen LogP contribution in [0.25, 0.3) is 17.1 Å². The molecule has 0 spiro atoms. The lowest BCUT2D eigenvalue weighted by Gasteiger charge is -2.17. The van der Waals surface area contributed by atoms with Crippen molar-refractivity contribution in [2.75, 3.05) is 25.2 Å². The number of amides is 1. The van der Waals surface area contributed by atoms with Gasteiger partial charge < -0.3 is 18.9 Å². The number of methoxy groups -OCH3 is 1. The van der Waals surface area contributed by atoms with Crippen LogP contribution in [0.5, 0.6) is 11.5 Å². The number of fused-ring (bicyclic) bond motifs is 1. The Labute approximate surface area is 228 Å². The highest BCUT2D eigenvalue weighted by molar-refractivity contribution is 6.30. The first-order valence-electron chi connectivity index (χ1n) is 13.0. The van der Waals surface area contributed by atoms with Crippen LogP contribution in [0, 0.1) is 0 Å². The molecule has 4 aromatic rings. The van der Waals surface area contributed by atoms with E-state index in [0.717, 1.165) is 59.0 Å². The van der Waals surface area contributed by atoms with Crippen molar-refractivity contribution < 1.29 is 14.3 Å². The maximum absolute atomic E-state index is 12.9. The van der Waals surface area contributed by atoms with Gasteiger partial charge in [-0.05, 0) is 73.9 Å². The fraction of sp³-hybridized carbons (Fsp3) is 0.290. The molecule has 0 radical (unpaired) electrons. The van der Waals surface area contributed by atoms with Crippen LogP contribution < -0.4 is 14.4 Å². The van der Waals surface area contributed by atoms with E-state index in [1.165, 1.54) is 0 Å². The zero-order valence-electron chi connectivity index (χ0n) is 21.8. The SMILES string of the molecule is C/C=C/c1ccc(OCCCCn2c(C3CC(=O)N(c4ccc(Cl)cc4)C3)nc3ccccc32)c(OC)c1. The number of anilines is 1. The van der Waals surface area contributed by atoms with Crippen LogP contribution in [-0.4, -0.2) is 35.7 Å². The number of aryl methyl sites for hydroxylation is 1. The summed E-state index contributed by atoms with van der Waals surface area (Å²) in [6.07, 6.45) is 6.28. The minimum absolute atomic E-state index is 0.0294. The molecule has 38 heavy (non-hydrogen) atoms. The minimum Gasteiger partial charge on any atom is -0.493 e. The predicted molar refractivity (Wildman–Crippen MR) is 153 cm³/mol. The summed E-state index contributed by atoms with van der Waals surface area (Å²) in [5, 5.41) is 0.659. The first kappa shape index (κ1) is 25.9. The molecule has 7 heteroatoms. The van der Waals surface area contributed by atoms with Crippen LogP contribution in [0.15, 0.2) is 72.8 Å². The molecule has 1 aliphatic heterocycles. The number of unbranched alkanes of at least 4 members (excludes halogenated alkanes) is 1. The Hall–Kier alpha value is -3.77. The zero-order valence-corrected chi connectivity index (χ0v) is 22.5. The number of halogens is 1. The van der Waals surface area contributed by atoms with Crippen molar-refractivity contribution in [3.63, 3.8) is 0 Å². The number of rotatable bonds is 10. The highest BCUT2D eigenvalue weighted by Crippen LogP contribution is 2.34. The molecule has 5 rings (SSSR count). The molecule has 1 aliphatic rings. The van der Waals surface area contributed by atoms with Crippen molar-refractivity contribution in [1.82, 2.24) is 9.55 Å². The van der Waals surface area contributed by atoms with Gasteiger partial charge in [0.2, 0.25) is 5.91 Å². The molecule has 1 aromatic heterocycles. The van der Waals surface area contributed by atoms with E-state index in [-0.39, 0.29) is 11.8 Å². The molecule has 196 valence electrons. The lowest BCUT2D eigenvalue weighted by molar-refractivity contribution is -0.117. The maximum atomic E-state index is 12.9. The van der Waals surface area contributed by atoms with Gasteiger partial charge in [-0.2, -0.15) is 0 Å². The van der Waals surface area contributed by atoms with Crippen molar-refractivity contribution >= 4 is 40.3 Å². The average Bonchev–Trinajstić information content (AvgIpc) is 3.50. The number of benzene rings is 3. The quantitative estimate of drug-likeness (QED) is 0.205. The fourth-order valence-electron chi connectivity index (χ4n) is 5.05. The molecule has 0 saturated carbocycles. The van der Waals surface area contributed by atoms with Crippen LogP contribution in [0.2, 0.25) is 5.02 Å². The molecule has 6 nitrogen and oxygen atoms in total. The van der Waals surface area contributed by atoms with E-state index >= 15 is 0 Å². The Balaban J connectivity index is 1.26. The second kappa shape index (κ2) is 11.7. The number of aromatic nitrogens is 2. The Morgan fingerprint density at radius 3 is 2.66 bits per heavy atom. The molecule has 0 N–H and O–H groups in total. The van der Waals surface area contributed by atoms with E-state index in [2.05, 4.69) is 10.6 Å². The number of para-hydroxylation sites is 2. The second-order valence-electron chi connectivity index (χ2n) is 9.46. The van der Waals surface area contributed by atoms with Crippen LogP contribution in [-0.2, 0) is 11.3 Å². The van der Waals surface area contributed by atoms with Crippen LogP contribution >= 0.6 is 11.6 Å². The summed E-state index contributed by atoms with van der Waals surface area (Å²) in [4.78, 5) is 19.8. The second-order valence-corrected chi connectivity index (χ2v) is 9.89. The van der Waals surface area contributed by atoms with Crippen molar-refractivity contribution in [1.29, 1.82) is 0 Å². The summed E-state index contributed by atoms with van der Waals surface area (Å²) in [5.41, 5.74) is 4.01. The summed E-state index contributed by atoms with van der Waals surface area (Å²) in [6.45, 7) is 4.00. The topological polar surface area (TPSA) is 56.6 Å². The van der Waals surface area contributed by atoms with Gasteiger partial charge in [0.05, 0.1) is 24.8 Å². The van der Waals surface area contributed by atoms with Crippen molar-refractivity contribution in [3.05, 3.63) is 89.2 Å². The lowest BCUT2D eigenvalue weighted by Crippen LogP contribution is -2.24. The van der Waals surface area contributed by atoms with Gasteiger partial charge in [0, 0.05) is 36.1 Å². The standard InChI is InChI=1S/C31H32ClN3O3/c1-3-8-22-11-16-28(29(19-22)37-2)38-18-7-6-17-34-27-10-5-4-9-26(27)33-31(34)23-20-30(36)35(21-23)25-14-12-24(32)13-15-25/h3-5,8-16,19,23H,6-7,17-18,20-21H2,1-2H3/b8-3+. The third-order valence-corrected chi connectivity index (χ3v) is 7.14. The minimum atomic E-state index is 0.0294. The van der Waals surface area contributed by atoms with Crippen LogP contribution in [0.3, 0.4) is 0 Å². The summed E-state index contributed by atoms with van der Waals surface area (Å²) in [6, 6.07) is 21.6. The lowest BCUT2D eigenvalue weighted by atomic mass is 10.1. The first-order valence-corrected chi connectivity index (χ1v) is 13.4. The van der Waals surface area contributed by atoms with E-state index in [9.17, 15) is 4.79 Å². The van der Waals surface area contributed by atoms with Crippen molar-refractivity contribution in [2.24, 2.45) is 0 Å². The molecule has 1 saturated heterocycles. The number of carbonyl (C=O) groups excluding carboxylic acids is 1. The molecule has 0 aliphatic carbocycles. The van der Waals surface area contributed by atoms with Crippen molar-refractivity contribution in [3.8, 4) is 11.5 Å². The third-order valence-electron chi connectivity index (χ3n) is 6.89. The van der Waals surface area contributed by atoms with Crippen LogP contribution in [0.4, 0.5) is 5.69 Å². The van der Waals surface area contributed by atoms with E-state index in [1.807, 2.05) is 84.6 Å². The molecular formula is C31H32ClN3O3. The maximum Gasteiger partial charge on any atom is 0.227 e. The monoisotopic (exact) mass is 529 g/mol. The summed E-state index contributed by atoms with van der Waals surface area (Å²) >= 11 is 6.05. The van der Waals surface area contributed by atoms with Gasteiger partial charge in [-0.1, -0.05) is 42.0 Å². The number of imidazole rings is 1. The third kappa shape index (κ3) is 5.55.